The van der Waals surface area contributed by atoms with Crippen LogP contribution in [0.15, 0.2) is 66.4 Å². The van der Waals surface area contributed by atoms with Crippen LogP contribution in [0.3, 0.4) is 0 Å². The topological polar surface area (TPSA) is 94.5 Å². The van der Waals surface area contributed by atoms with Gasteiger partial charge in [0.1, 0.15) is 5.75 Å². The van der Waals surface area contributed by atoms with E-state index < -0.39 is 11.6 Å². The summed E-state index contributed by atoms with van der Waals surface area (Å²) in [5.74, 6) is 0.519. The Morgan fingerprint density at radius 3 is 2.72 bits per heavy atom. The third kappa shape index (κ3) is 4.79. The van der Waals surface area contributed by atoms with Crippen LogP contribution in [0.1, 0.15) is 80.0 Å². The average molecular weight is 487 g/mol. The number of benzene rings is 2. The second-order valence-electron chi connectivity index (χ2n) is 9.49. The van der Waals surface area contributed by atoms with E-state index in [-0.39, 0.29) is 23.8 Å². The maximum atomic E-state index is 13.4. The number of nitrogens with one attached hydrogen (secondary N) is 3. The molecule has 7 heteroatoms. The van der Waals surface area contributed by atoms with Gasteiger partial charge in [0.2, 0.25) is 5.91 Å². The first-order valence-electron chi connectivity index (χ1n) is 12.5. The van der Waals surface area contributed by atoms with Crippen molar-refractivity contribution >= 4 is 17.8 Å². The van der Waals surface area contributed by atoms with Gasteiger partial charge in [0.05, 0.1) is 25.1 Å². The summed E-state index contributed by atoms with van der Waals surface area (Å²) in [5.41, 5.74) is 5.37. The summed E-state index contributed by atoms with van der Waals surface area (Å²) in [6.45, 7) is 10.2. The fourth-order valence-corrected chi connectivity index (χ4v) is 5.08. The number of guanidine groups is 1. The van der Waals surface area contributed by atoms with Gasteiger partial charge in [0.15, 0.2) is 5.96 Å². The quantitative estimate of drug-likeness (QED) is 0.479. The van der Waals surface area contributed by atoms with Crippen LogP contribution in [0.5, 0.6) is 5.75 Å². The highest BCUT2D eigenvalue weighted by Crippen LogP contribution is 2.35. The Morgan fingerprint density at radius 2 is 2.03 bits per heavy atom. The summed E-state index contributed by atoms with van der Waals surface area (Å²) in [5, 5.41) is 15.1. The van der Waals surface area contributed by atoms with Gasteiger partial charge in [-0.3, -0.25) is 19.9 Å². The van der Waals surface area contributed by atoms with Crippen LogP contribution in [0, 0.1) is 5.41 Å². The molecule has 36 heavy (non-hydrogen) atoms. The van der Waals surface area contributed by atoms with Crippen LogP contribution in [0.2, 0.25) is 0 Å². The molecule has 188 valence electrons. The third-order valence-electron chi connectivity index (χ3n) is 7.41. The summed E-state index contributed by atoms with van der Waals surface area (Å²) in [7, 11) is 0. The van der Waals surface area contributed by atoms with Crippen molar-refractivity contribution in [3.05, 3.63) is 83.1 Å². The summed E-state index contributed by atoms with van der Waals surface area (Å²) >= 11 is 0. The normalized spacial score (nSPS) is 19.3. The molecule has 1 fully saturated rings. The van der Waals surface area contributed by atoms with Crippen molar-refractivity contribution in [2.75, 3.05) is 6.61 Å². The summed E-state index contributed by atoms with van der Waals surface area (Å²) in [4.78, 5) is 28.1. The number of para-hydroxylation sites is 1. The molecule has 0 aliphatic carbocycles. The number of hydrogen-bond donors (Lipinski definition) is 3. The average Bonchev–Trinajstić information content (AvgIpc) is 2.90. The predicted molar refractivity (Wildman–Crippen MR) is 140 cm³/mol. The molecule has 2 aliphatic rings. The molecule has 2 aromatic rings. The second kappa shape index (κ2) is 10.4. The van der Waals surface area contributed by atoms with E-state index in [4.69, 9.17) is 10.1 Å². The molecule has 0 saturated carbocycles. The minimum Gasteiger partial charge on any atom is -0.493 e. The van der Waals surface area contributed by atoms with Crippen molar-refractivity contribution in [3.63, 3.8) is 0 Å². The van der Waals surface area contributed by atoms with Crippen LogP contribution in [0.25, 0.3) is 0 Å². The van der Waals surface area contributed by atoms with Gasteiger partial charge >= 0.3 is 0 Å². The minimum atomic E-state index is -0.585. The number of carbonyl (C=O) groups excluding carboxylic acids is 2. The molecule has 2 amide bonds. The largest absolute Gasteiger partial charge is 0.493 e. The Labute approximate surface area is 212 Å². The SMILES string of the molecule is C=C=C(C)[C@H](c1cccc(C(=O)N[C@H]2CCOc3ccccc32)c1)N1C(=N)NC(CC)(CC)CC1=O. The molecule has 0 unspecified atom stereocenters. The maximum Gasteiger partial charge on any atom is 0.251 e. The molecule has 0 radical (unpaired) electrons. The van der Waals surface area contributed by atoms with Crippen molar-refractivity contribution in [1.82, 2.24) is 15.5 Å². The number of fused-ring (bicyclic) bond motifs is 1. The van der Waals surface area contributed by atoms with Gasteiger partial charge in [-0.25, -0.2) is 0 Å². The van der Waals surface area contributed by atoms with E-state index in [1.54, 1.807) is 18.2 Å². The first-order chi connectivity index (χ1) is 17.3. The molecule has 7 nitrogen and oxygen atoms in total. The molecule has 2 atom stereocenters. The summed E-state index contributed by atoms with van der Waals surface area (Å²) < 4.78 is 5.72. The van der Waals surface area contributed by atoms with Gasteiger partial charge in [-0.15, -0.1) is 5.73 Å². The predicted octanol–water partition coefficient (Wildman–Crippen LogP) is 5.03. The van der Waals surface area contributed by atoms with E-state index in [1.165, 1.54) is 4.90 Å². The van der Waals surface area contributed by atoms with Crippen molar-refractivity contribution < 1.29 is 14.3 Å². The lowest BCUT2D eigenvalue weighted by Gasteiger charge is -2.45. The fraction of sp³-hybridized carbons (Fsp3) is 0.379. The van der Waals surface area contributed by atoms with Crippen molar-refractivity contribution in [2.45, 2.75) is 64.1 Å². The van der Waals surface area contributed by atoms with Gasteiger partial charge in [0.25, 0.3) is 5.91 Å². The zero-order valence-electron chi connectivity index (χ0n) is 21.2. The second-order valence-corrected chi connectivity index (χ2v) is 9.49. The minimum absolute atomic E-state index is 0.0585. The van der Waals surface area contributed by atoms with Crippen molar-refractivity contribution in [3.8, 4) is 5.75 Å². The van der Waals surface area contributed by atoms with Crippen LogP contribution in [-0.4, -0.2) is 34.8 Å². The first-order valence-corrected chi connectivity index (χ1v) is 12.5. The molecule has 0 bridgehead atoms. The van der Waals surface area contributed by atoms with Gasteiger partial charge in [-0.2, -0.15) is 0 Å². The summed E-state index contributed by atoms with van der Waals surface area (Å²) in [6, 6.07) is 14.2. The number of amides is 2. The van der Waals surface area contributed by atoms with Crippen molar-refractivity contribution in [1.29, 1.82) is 5.41 Å². The van der Waals surface area contributed by atoms with Gasteiger partial charge < -0.3 is 15.4 Å². The lowest BCUT2D eigenvalue weighted by molar-refractivity contribution is -0.132. The Kier molecular flexibility index (Phi) is 7.32. The molecule has 2 aliphatic heterocycles. The van der Waals surface area contributed by atoms with E-state index in [0.29, 0.717) is 30.6 Å². The smallest absolute Gasteiger partial charge is 0.251 e. The molecule has 0 spiro atoms. The zero-order valence-corrected chi connectivity index (χ0v) is 21.2. The van der Waals surface area contributed by atoms with Gasteiger partial charge in [-0.05, 0) is 49.1 Å². The van der Waals surface area contributed by atoms with Crippen LogP contribution < -0.4 is 15.4 Å². The van der Waals surface area contributed by atoms with Gasteiger partial charge in [-0.1, -0.05) is 50.8 Å². The van der Waals surface area contributed by atoms with Crippen LogP contribution in [-0.2, 0) is 4.79 Å². The van der Waals surface area contributed by atoms with Crippen molar-refractivity contribution in [2.24, 2.45) is 0 Å². The molecule has 0 aromatic heterocycles. The number of carbonyl (C=O) groups is 2. The van der Waals surface area contributed by atoms with E-state index in [1.807, 2.05) is 51.1 Å². The molecular weight excluding hydrogens is 452 g/mol. The first kappa shape index (κ1) is 25.3. The molecule has 1 saturated heterocycles. The third-order valence-corrected chi connectivity index (χ3v) is 7.41. The van der Waals surface area contributed by atoms with Crippen LogP contribution in [0.4, 0.5) is 0 Å². The molecule has 3 N–H and O–H groups in total. The van der Waals surface area contributed by atoms with Gasteiger partial charge in [0, 0.05) is 23.1 Å². The molecule has 2 heterocycles. The Hall–Kier alpha value is -3.83. The lowest BCUT2D eigenvalue weighted by Crippen LogP contribution is -2.62. The van der Waals surface area contributed by atoms with E-state index in [0.717, 1.165) is 29.7 Å². The van der Waals surface area contributed by atoms with Crippen LogP contribution >= 0.6 is 0 Å². The number of hydrogen-bond acceptors (Lipinski definition) is 4. The number of rotatable bonds is 7. The zero-order chi connectivity index (χ0) is 25.9. The highest BCUT2D eigenvalue weighted by atomic mass is 16.5. The molecule has 2 aromatic carbocycles. The number of ether oxygens (including phenoxy) is 1. The highest BCUT2D eigenvalue weighted by Gasteiger charge is 2.42. The Morgan fingerprint density at radius 1 is 1.28 bits per heavy atom. The van der Waals surface area contributed by atoms with E-state index in [2.05, 4.69) is 22.9 Å². The molecular formula is C29H34N4O3. The monoisotopic (exact) mass is 486 g/mol. The van der Waals surface area contributed by atoms with E-state index >= 15 is 0 Å². The van der Waals surface area contributed by atoms with E-state index in [9.17, 15) is 9.59 Å². The Balaban J connectivity index is 1.62. The summed E-state index contributed by atoms with van der Waals surface area (Å²) in [6.07, 6.45) is 2.48. The maximum absolute atomic E-state index is 13.4. The standard InChI is InChI=1S/C29H34N4O3/c1-5-19(4)26(33-25(34)18-29(6-2,7-3)32-28(33)30)20-11-10-12-21(17-20)27(35)31-23-15-16-36-24-14-9-8-13-22(23)24/h8-14,17,23,26H,1,6-7,15-16,18H2,2-4H3,(H2,30,32)(H,31,35)/t23-,26+/m0/s1. The Bertz CT molecular complexity index is 1210. The fourth-order valence-electron chi connectivity index (χ4n) is 5.08. The number of nitrogens with zero attached hydrogens (tertiary/aromatic N) is 1. The lowest BCUT2D eigenvalue weighted by atomic mass is 9.85. The highest BCUT2D eigenvalue weighted by molar-refractivity contribution is 6.00. The molecule has 4 rings (SSSR count).